The Kier molecular flexibility index (Phi) is 6.45. The molecule has 150 valence electrons. The van der Waals surface area contributed by atoms with E-state index in [2.05, 4.69) is 10.6 Å². The molecule has 0 fully saturated rings. The SMILES string of the molecule is COc1ccccc1CNC(=O)[C@@H](C)Nc1ccc(C(F)(F)F)cc1[N+](=O)[O-]. The van der Waals surface area contributed by atoms with Gasteiger partial charge in [0.1, 0.15) is 17.5 Å². The van der Waals surface area contributed by atoms with Gasteiger partial charge in [-0.2, -0.15) is 13.2 Å². The number of nitrogens with zero attached hydrogens (tertiary/aromatic N) is 1. The van der Waals surface area contributed by atoms with E-state index in [1.165, 1.54) is 14.0 Å². The summed E-state index contributed by atoms with van der Waals surface area (Å²) in [5.41, 5.74) is -1.36. The van der Waals surface area contributed by atoms with Crippen LogP contribution < -0.4 is 15.4 Å². The highest BCUT2D eigenvalue weighted by Gasteiger charge is 2.33. The highest BCUT2D eigenvalue weighted by atomic mass is 19.4. The largest absolute Gasteiger partial charge is 0.496 e. The number of hydrogen-bond acceptors (Lipinski definition) is 5. The van der Waals surface area contributed by atoms with Crippen LogP contribution in [0.25, 0.3) is 0 Å². The number of para-hydroxylation sites is 1. The molecule has 0 aliphatic rings. The summed E-state index contributed by atoms with van der Waals surface area (Å²) in [4.78, 5) is 22.4. The summed E-state index contributed by atoms with van der Waals surface area (Å²) in [7, 11) is 1.49. The predicted molar refractivity (Wildman–Crippen MR) is 96.0 cm³/mol. The second kappa shape index (κ2) is 8.59. The van der Waals surface area contributed by atoms with E-state index in [4.69, 9.17) is 4.74 Å². The van der Waals surface area contributed by atoms with Gasteiger partial charge in [0.05, 0.1) is 17.6 Å². The molecule has 1 atom stereocenters. The average molecular weight is 397 g/mol. The molecule has 7 nitrogen and oxygen atoms in total. The van der Waals surface area contributed by atoms with Gasteiger partial charge in [0.2, 0.25) is 5.91 Å². The van der Waals surface area contributed by atoms with Gasteiger partial charge in [-0.15, -0.1) is 0 Å². The van der Waals surface area contributed by atoms with Crippen molar-refractivity contribution in [2.45, 2.75) is 25.7 Å². The number of carbonyl (C=O) groups is 1. The van der Waals surface area contributed by atoms with E-state index in [0.29, 0.717) is 11.8 Å². The van der Waals surface area contributed by atoms with Crippen LogP contribution in [0.1, 0.15) is 18.1 Å². The van der Waals surface area contributed by atoms with E-state index in [-0.39, 0.29) is 12.2 Å². The third kappa shape index (κ3) is 5.12. The lowest BCUT2D eigenvalue weighted by Crippen LogP contribution is -2.37. The van der Waals surface area contributed by atoms with Gasteiger partial charge in [-0.25, -0.2) is 0 Å². The minimum atomic E-state index is -4.71. The van der Waals surface area contributed by atoms with E-state index < -0.39 is 34.3 Å². The normalized spacial score (nSPS) is 12.2. The molecule has 2 aromatic carbocycles. The number of benzene rings is 2. The maximum absolute atomic E-state index is 12.8. The Labute approximate surface area is 158 Å². The maximum Gasteiger partial charge on any atom is 0.416 e. The highest BCUT2D eigenvalue weighted by molar-refractivity contribution is 5.85. The van der Waals surface area contributed by atoms with E-state index in [0.717, 1.165) is 17.7 Å². The summed E-state index contributed by atoms with van der Waals surface area (Å²) in [6, 6.07) is 8.20. The molecule has 2 rings (SSSR count). The minimum Gasteiger partial charge on any atom is -0.496 e. The molecule has 0 saturated carbocycles. The van der Waals surface area contributed by atoms with Crippen molar-refractivity contribution >= 4 is 17.3 Å². The molecule has 1 amide bonds. The number of nitro groups is 1. The lowest BCUT2D eigenvalue weighted by Gasteiger charge is -2.17. The number of hydrogen-bond donors (Lipinski definition) is 2. The zero-order valence-electron chi connectivity index (χ0n) is 15.0. The second-order valence-corrected chi connectivity index (χ2v) is 5.88. The molecule has 10 heteroatoms. The van der Waals surface area contributed by atoms with Crippen molar-refractivity contribution in [1.82, 2.24) is 5.32 Å². The number of rotatable bonds is 7. The van der Waals surface area contributed by atoms with E-state index in [9.17, 15) is 28.1 Å². The van der Waals surface area contributed by atoms with Crippen LogP contribution in [0.4, 0.5) is 24.5 Å². The van der Waals surface area contributed by atoms with Crippen molar-refractivity contribution in [1.29, 1.82) is 0 Å². The summed E-state index contributed by atoms with van der Waals surface area (Å²) in [6.45, 7) is 1.60. The number of amides is 1. The van der Waals surface area contributed by atoms with Crippen molar-refractivity contribution in [2.75, 3.05) is 12.4 Å². The minimum absolute atomic E-state index is 0.157. The predicted octanol–water partition coefficient (Wildman–Crippen LogP) is 3.74. The number of nitro benzene ring substituents is 1. The van der Waals surface area contributed by atoms with Crippen LogP contribution >= 0.6 is 0 Å². The third-order valence-electron chi connectivity index (χ3n) is 3.93. The molecular weight excluding hydrogens is 379 g/mol. The Morgan fingerprint density at radius 2 is 1.93 bits per heavy atom. The zero-order valence-corrected chi connectivity index (χ0v) is 15.0. The van der Waals surface area contributed by atoms with Crippen molar-refractivity contribution < 1.29 is 27.6 Å². The van der Waals surface area contributed by atoms with Crippen LogP contribution in [0, 0.1) is 10.1 Å². The molecule has 0 unspecified atom stereocenters. The number of halogens is 3. The van der Waals surface area contributed by atoms with Crippen molar-refractivity contribution in [2.24, 2.45) is 0 Å². The first-order valence-electron chi connectivity index (χ1n) is 8.15. The van der Waals surface area contributed by atoms with Gasteiger partial charge in [0.25, 0.3) is 5.69 Å². The second-order valence-electron chi connectivity index (χ2n) is 5.88. The fourth-order valence-electron chi connectivity index (χ4n) is 2.46. The van der Waals surface area contributed by atoms with Crippen LogP contribution in [-0.2, 0) is 17.5 Å². The Balaban J connectivity index is 2.10. The van der Waals surface area contributed by atoms with Crippen LogP contribution in [0.3, 0.4) is 0 Å². The molecular formula is C18H18F3N3O4. The molecule has 28 heavy (non-hydrogen) atoms. The number of carbonyl (C=O) groups excluding carboxylic acids is 1. The van der Waals surface area contributed by atoms with Gasteiger partial charge in [0, 0.05) is 18.2 Å². The van der Waals surface area contributed by atoms with Gasteiger partial charge in [-0.3, -0.25) is 14.9 Å². The molecule has 0 spiro atoms. The molecule has 0 radical (unpaired) electrons. The molecule has 0 heterocycles. The summed E-state index contributed by atoms with van der Waals surface area (Å²) in [5.74, 6) is 0.0990. The topological polar surface area (TPSA) is 93.5 Å². The molecule has 2 N–H and O–H groups in total. The number of methoxy groups -OCH3 is 1. The summed E-state index contributed by atoms with van der Waals surface area (Å²) in [6.07, 6.45) is -4.71. The van der Waals surface area contributed by atoms with Crippen molar-refractivity contribution in [3.05, 3.63) is 63.7 Å². The van der Waals surface area contributed by atoms with Gasteiger partial charge in [0.15, 0.2) is 0 Å². The van der Waals surface area contributed by atoms with Crippen molar-refractivity contribution in [3.63, 3.8) is 0 Å². The molecule has 0 aromatic heterocycles. The number of alkyl halides is 3. The summed E-state index contributed by atoms with van der Waals surface area (Å²) >= 11 is 0. The zero-order chi connectivity index (χ0) is 20.9. The lowest BCUT2D eigenvalue weighted by atomic mass is 10.1. The van der Waals surface area contributed by atoms with Crippen LogP contribution in [0.15, 0.2) is 42.5 Å². The highest BCUT2D eigenvalue weighted by Crippen LogP contribution is 2.35. The quantitative estimate of drug-likeness (QED) is 0.548. The smallest absolute Gasteiger partial charge is 0.416 e. The number of anilines is 1. The maximum atomic E-state index is 12.8. The number of ether oxygens (including phenoxy) is 1. The average Bonchev–Trinajstić information content (AvgIpc) is 2.65. The first kappa shape index (κ1) is 21.0. The first-order valence-corrected chi connectivity index (χ1v) is 8.15. The van der Waals surface area contributed by atoms with E-state index >= 15 is 0 Å². The summed E-state index contributed by atoms with van der Waals surface area (Å²) < 4.78 is 43.5. The van der Waals surface area contributed by atoms with Gasteiger partial charge in [-0.05, 0) is 25.1 Å². The molecule has 0 aliphatic heterocycles. The van der Waals surface area contributed by atoms with Crippen LogP contribution in [0.5, 0.6) is 5.75 Å². The summed E-state index contributed by atoms with van der Waals surface area (Å²) in [5, 5.41) is 16.3. The van der Waals surface area contributed by atoms with E-state index in [1.54, 1.807) is 24.3 Å². The Morgan fingerprint density at radius 3 is 2.54 bits per heavy atom. The van der Waals surface area contributed by atoms with Gasteiger partial charge in [-0.1, -0.05) is 18.2 Å². The lowest BCUT2D eigenvalue weighted by molar-refractivity contribution is -0.384. The van der Waals surface area contributed by atoms with E-state index in [1.807, 2.05) is 0 Å². The fourth-order valence-corrected chi connectivity index (χ4v) is 2.46. The fraction of sp³-hybridized carbons (Fsp3) is 0.278. The van der Waals surface area contributed by atoms with Crippen molar-refractivity contribution in [3.8, 4) is 5.75 Å². The first-order chi connectivity index (χ1) is 13.1. The molecule has 0 saturated heterocycles. The van der Waals surface area contributed by atoms with Gasteiger partial charge < -0.3 is 15.4 Å². The molecule has 2 aromatic rings. The number of nitrogens with one attached hydrogen (secondary N) is 2. The third-order valence-corrected chi connectivity index (χ3v) is 3.93. The van der Waals surface area contributed by atoms with Crippen LogP contribution in [-0.4, -0.2) is 24.0 Å². The molecule has 0 aliphatic carbocycles. The van der Waals surface area contributed by atoms with Gasteiger partial charge >= 0.3 is 6.18 Å². The Bertz CT molecular complexity index is 871. The standard InChI is InChI=1S/C18H18F3N3O4/c1-11(17(25)22-10-12-5-3-4-6-16(12)28-2)23-14-8-7-13(18(19,20)21)9-15(14)24(26)27/h3-9,11,23H,10H2,1-2H3,(H,22,25)/t11-/m1/s1. The molecule has 0 bridgehead atoms. The Hall–Kier alpha value is -3.30. The van der Waals surface area contributed by atoms with Crippen LogP contribution in [0.2, 0.25) is 0 Å². The Morgan fingerprint density at radius 1 is 1.25 bits per heavy atom. The monoisotopic (exact) mass is 397 g/mol.